The summed E-state index contributed by atoms with van der Waals surface area (Å²) in [5.41, 5.74) is -0.392. The third-order valence-corrected chi connectivity index (χ3v) is 5.16. The van der Waals surface area contributed by atoms with Crippen molar-refractivity contribution in [3.8, 4) is 5.75 Å². The maximum absolute atomic E-state index is 12.5. The maximum atomic E-state index is 12.5. The average Bonchev–Trinajstić information content (AvgIpc) is 2.55. The standard InChI is InChI=1S/C18H21NO4S.2CH4/c1-4-18(2,3)17(20)19-15-12-8-9-13-16(15)24(21,22)23-14-10-6-5-7-11-14;;/h5-13H,4H2,1-3H3,(H,19,20);2*1H4. The first-order chi connectivity index (χ1) is 11.3. The molecule has 1 amide bonds. The summed E-state index contributed by atoms with van der Waals surface area (Å²) in [6.07, 6.45) is 0.633. The van der Waals surface area contributed by atoms with E-state index >= 15 is 0 Å². The molecule has 6 heteroatoms. The van der Waals surface area contributed by atoms with E-state index in [9.17, 15) is 13.2 Å². The number of para-hydroxylation sites is 2. The van der Waals surface area contributed by atoms with Crippen molar-refractivity contribution in [2.24, 2.45) is 5.41 Å². The zero-order valence-electron chi connectivity index (χ0n) is 13.9. The van der Waals surface area contributed by atoms with E-state index in [0.29, 0.717) is 6.42 Å². The van der Waals surface area contributed by atoms with Crippen LogP contribution in [0.1, 0.15) is 42.0 Å². The topological polar surface area (TPSA) is 72.5 Å². The first-order valence-corrected chi connectivity index (χ1v) is 9.07. The Morgan fingerprint density at radius 3 is 2.12 bits per heavy atom. The Bertz CT molecular complexity index is 815. The van der Waals surface area contributed by atoms with Crippen LogP contribution in [0.4, 0.5) is 5.69 Å². The molecule has 0 spiro atoms. The van der Waals surface area contributed by atoms with Gasteiger partial charge in [-0.3, -0.25) is 4.79 Å². The Kier molecular flexibility index (Phi) is 8.54. The fourth-order valence-corrected chi connectivity index (χ4v) is 2.98. The van der Waals surface area contributed by atoms with Crippen LogP contribution in [-0.4, -0.2) is 14.3 Å². The van der Waals surface area contributed by atoms with Gasteiger partial charge in [0.2, 0.25) is 5.91 Å². The molecular formula is C20H29NO4S. The molecule has 26 heavy (non-hydrogen) atoms. The summed E-state index contributed by atoms with van der Waals surface area (Å²) in [5.74, 6) is -0.0279. The minimum Gasteiger partial charge on any atom is -0.379 e. The quantitative estimate of drug-likeness (QED) is 0.709. The molecule has 1 N–H and O–H groups in total. The van der Waals surface area contributed by atoms with Crippen LogP contribution in [0.2, 0.25) is 0 Å². The molecule has 2 aromatic rings. The SMILES string of the molecule is C.C.CCC(C)(C)C(=O)Nc1ccccc1S(=O)(=O)Oc1ccccc1. The monoisotopic (exact) mass is 379 g/mol. The molecule has 2 rings (SSSR count). The number of carbonyl (C=O) groups is 1. The lowest BCUT2D eigenvalue weighted by Gasteiger charge is -2.22. The van der Waals surface area contributed by atoms with Gasteiger partial charge >= 0.3 is 10.1 Å². The smallest absolute Gasteiger partial charge is 0.341 e. The van der Waals surface area contributed by atoms with E-state index in [2.05, 4.69) is 5.32 Å². The van der Waals surface area contributed by atoms with Gasteiger partial charge in [0.15, 0.2) is 0 Å². The first kappa shape index (κ1) is 23.7. The Hall–Kier alpha value is -2.34. The van der Waals surface area contributed by atoms with Crippen LogP contribution in [0.25, 0.3) is 0 Å². The van der Waals surface area contributed by atoms with Crippen molar-refractivity contribution >= 4 is 21.7 Å². The van der Waals surface area contributed by atoms with Crippen LogP contribution in [-0.2, 0) is 14.9 Å². The molecule has 0 radical (unpaired) electrons. The molecule has 0 saturated heterocycles. The predicted molar refractivity (Wildman–Crippen MR) is 107 cm³/mol. The molecule has 0 aliphatic heterocycles. The van der Waals surface area contributed by atoms with Crippen molar-refractivity contribution in [3.63, 3.8) is 0 Å². The summed E-state index contributed by atoms with van der Waals surface area (Å²) in [6, 6.07) is 14.4. The van der Waals surface area contributed by atoms with Gasteiger partial charge in [-0.2, -0.15) is 8.42 Å². The number of anilines is 1. The third-order valence-electron chi connectivity index (χ3n) is 3.85. The molecule has 0 saturated carbocycles. The van der Waals surface area contributed by atoms with E-state index in [0.717, 1.165) is 0 Å². The Morgan fingerprint density at radius 2 is 1.54 bits per heavy atom. The zero-order valence-corrected chi connectivity index (χ0v) is 14.8. The fourth-order valence-electron chi connectivity index (χ4n) is 1.89. The second-order valence-electron chi connectivity index (χ2n) is 6.04. The Balaban J connectivity index is 0.00000312. The molecule has 0 unspecified atom stereocenters. The van der Waals surface area contributed by atoms with Crippen molar-refractivity contribution in [1.82, 2.24) is 0 Å². The minimum absolute atomic E-state index is 0. The van der Waals surface area contributed by atoms with Gasteiger partial charge in [-0.1, -0.05) is 66.0 Å². The van der Waals surface area contributed by atoms with Crippen LogP contribution in [0, 0.1) is 5.41 Å². The molecule has 5 nitrogen and oxygen atoms in total. The molecule has 0 bridgehead atoms. The third kappa shape index (κ3) is 5.59. The van der Waals surface area contributed by atoms with E-state index < -0.39 is 15.5 Å². The summed E-state index contributed by atoms with van der Waals surface area (Å²) >= 11 is 0. The lowest BCUT2D eigenvalue weighted by Crippen LogP contribution is -2.30. The highest BCUT2D eigenvalue weighted by Crippen LogP contribution is 2.28. The van der Waals surface area contributed by atoms with Crippen molar-refractivity contribution in [1.29, 1.82) is 0 Å². The van der Waals surface area contributed by atoms with Crippen LogP contribution in [0.3, 0.4) is 0 Å². The Labute approximate surface area is 157 Å². The maximum Gasteiger partial charge on any atom is 0.341 e. The first-order valence-electron chi connectivity index (χ1n) is 7.66. The number of benzene rings is 2. The lowest BCUT2D eigenvalue weighted by molar-refractivity contribution is -0.124. The van der Waals surface area contributed by atoms with E-state index in [1.54, 1.807) is 62.4 Å². The summed E-state index contributed by atoms with van der Waals surface area (Å²) < 4.78 is 30.2. The number of carbonyl (C=O) groups excluding carboxylic acids is 1. The van der Waals surface area contributed by atoms with Crippen LogP contribution in [0.5, 0.6) is 5.75 Å². The summed E-state index contributed by atoms with van der Waals surface area (Å²) in [4.78, 5) is 12.3. The van der Waals surface area contributed by atoms with Crippen LogP contribution in [0.15, 0.2) is 59.5 Å². The fraction of sp³-hybridized carbons (Fsp3) is 0.350. The molecule has 144 valence electrons. The minimum atomic E-state index is -4.06. The highest BCUT2D eigenvalue weighted by atomic mass is 32.2. The van der Waals surface area contributed by atoms with Crippen LogP contribution >= 0.6 is 0 Å². The molecular weight excluding hydrogens is 350 g/mol. The number of rotatable bonds is 6. The summed E-state index contributed by atoms with van der Waals surface area (Å²) in [6.45, 7) is 5.51. The molecule has 2 aromatic carbocycles. The van der Waals surface area contributed by atoms with Crippen molar-refractivity contribution < 1.29 is 17.4 Å². The normalized spacial score (nSPS) is 10.9. The van der Waals surface area contributed by atoms with Gasteiger partial charge in [-0.05, 0) is 30.7 Å². The molecule has 0 aliphatic carbocycles. The van der Waals surface area contributed by atoms with E-state index in [-0.39, 0.29) is 37.1 Å². The van der Waals surface area contributed by atoms with Crippen LogP contribution < -0.4 is 9.50 Å². The lowest BCUT2D eigenvalue weighted by atomic mass is 9.89. The predicted octanol–water partition coefficient (Wildman–Crippen LogP) is 5.10. The van der Waals surface area contributed by atoms with E-state index in [1.165, 1.54) is 6.07 Å². The van der Waals surface area contributed by atoms with Crippen molar-refractivity contribution in [3.05, 3.63) is 54.6 Å². The molecule has 0 heterocycles. The van der Waals surface area contributed by atoms with E-state index in [4.69, 9.17) is 4.18 Å². The van der Waals surface area contributed by atoms with Crippen molar-refractivity contribution in [2.45, 2.75) is 46.9 Å². The van der Waals surface area contributed by atoms with E-state index in [1.807, 2.05) is 6.92 Å². The highest BCUT2D eigenvalue weighted by molar-refractivity contribution is 7.87. The number of hydrogen-bond acceptors (Lipinski definition) is 4. The largest absolute Gasteiger partial charge is 0.379 e. The second-order valence-corrected chi connectivity index (χ2v) is 7.55. The van der Waals surface area contributed by atoms with Gasteiger partial charge in [0.25, 0.3) is 0 Å². The molecule has 0 aromatic heterocycles. The Morgan fingerprint density at radius 1 is 1.00 bits per heavy atom. The zero-order chi connectivity index (χ0) is 17.8. The molecule has 0 atom stereocenters. The number of nitrogens with one attached hydrogen (secondary N) is 1. The van der Waals surface area contributed by atoms with Gasteiger partial charge in [0.1, 0.15) is 10.6 Å². The van der Waals surface area contributed by atoms with Gasteiger partial charge in [0.05, 0.1) is 5.69 Å². The van der Waals surface area contributed by atoms with Gasteiger partial charge in [0, 0.05) is 5.41 Å². The summed E-state index contributed by atoms with van der Waals surface area (Å²) in [7, 11) is -4.06. The molecule has 0 aliphatic rings. The van der Waals surface area contributed by atoms with Gasteiger partial charge < -0.3 is 9.50 Å². The second kappa shape index (κ2) is 9.38. The van der Waals surface area contributed by atoms with Gasteiger partial charge in [-0.15, -0.1) is 0 Å². The van der Waals surface area contributed by atoms with Crippen molar-refractivity contribution in [2.75, 3.05) is 5.32 Å². The summed E-state index contributed by atoms with van der Waals surface area (Å²) in [5, 5.41) is 2.70. The number of amides is 1. The number of hydrogen-bond donors (Lipinski definition) is 1. The average molecular weight is 380 g/mol. The highest BCUT2D eigenvalue weighted by Gasteiger charge is 2.28. The molecule has 0 fully saturated rings. The van der Waals surface area contributed by atoms with Gasteiger partial charge in [-0.25, -0.2) is 0 Å².